The van der Waals surface area contributed by atoms with E-state index in [1.165, 1.54) is 0 Å². The molecule has 0 saturated heterocycles. The second kappa shape index (κ2) is 5.50. The van der Waals surface area contributed by atoms with Crippen LogP contribution >= 0.6 is 15.9 Å². The molecule has 3 rings (SSSR count). The minimum absolute atomic E-state index is 0.433. The molecular formula is C15H13BrN2OS. The third-order valence-electron chi connectivity index (χ3n) is 3.00. The number of aromatic nitrogens is 2. The summed E-state index contributed by atoms with van der Waals surface area (Å²) in [5, 5.41) is 0. The Balaban J connectivity index is 1.87. The van der Waals surface area contributed by atoms with Crippen LogP contribution in [-0.2, 0) is 16.6 Å². The molecule has 0 unspecified atom stereocenters. The van der Waals surface area contributed by atoms with Gasteiger partial charge in [0, 0.05) is 21.8 Å². The summed E-state index contributed by atoms with van der Waals surface area (Å²) in [5.41, 5.74) is 2.82. The van der Waals surface area contributed by atoms with Crippen molar-refractivity contribution in [3.8, 4) is 0 Å². The number of imidazole rings is 1. The van der Waals surface area contributed by atoms with E-state index in [-0.39, 0.29) is 0 Å². The Morgan fingerprint density at radius 1 is 1.25 bits per heavy atom. The molecule has 0 aliphatic heterocycles. The Labute approximate surface area is 128 Å². The van der Waals surface area contributed by atoms with Crippen molar-refractivity contribution in [2.45, 2.75) is 17.6 Å². The largest absolute Gasteiger partial charge is 0.306 e. The van der Waals surface area contributed by atoms with Gasteiger partial charge in [0.25, 0.3) is 0 Å². The highest BCUT2D eigenvalue weighted by atomic mass is 79.9. The predicted molar refractivity (Wildman–Crippen MR) is 84.2 cm³/mol. The maximum Gasteiger partial charge on any atom is 0.137 e. The lowest BCUT2D eigenvalue weighted by Gasteiger charge is -2.01. The molecule has 0 bridgehead atoms. The molecule has 0 N–H and O–H groups in total. The highest BCUT2D eigenvalue weighted by molar-refractivity contribution is 9.10. The van der Waals surface area contributed by atoms with Crippen LogP contribution in [0.5, 0.6) is 0 Å². The summed E-state index contributed by atoms with van der Waals surface area (Å²) in [4.78, 5) is 5.34. The summed E-state index contributed by atoms with van der Waals surface area (Å²) in [6.07, 6.45) is 3.87. The van der Waals surface area contributed by atoms with Gasteiger partial charge in [-0.25, -0.2) is 4.98 Å². The van der Waals surface area contributed by atoms with E-state index in [0.717, 1.165) is 26.3 Å². The van der Waals surface area contributed by atoms with Gasteiger partial charge < -0.3 is 4.40 Å². The maximum atomic E-state index is 12.4. The van der Waals surface area contributed by atoms with Crippen LogP contribution in [0, 0.1) is 6.92 Å². The SMILES string of the molecule is Cc1cccc([S@](=O)Cc2cn3cc(Br)ccc3n2)c1. The number of fused-ring (bicyclic) bond motifs is 1. The van der Waals surface area contributed by atoms with Gasteiger partial charge in [-0.1, -0.05) is 12.1 Å². The fourth-order valence-electron chi connectivity index (χ4n) is 2.06. The first-order chi connectivity index (χ1) is 9.61. The molecule has 1 atom stereocenters. The zero-order chi connectivity index (χ0) is 14.1. The first-order valence-corrected chi connectivity index (χ1v) is 8.31. The van der Waals surface area contributed by atoms with Gasteiger partial charge in [-0.15, -0.1) is 0 Å². The summed E-state index contributed by atoms with van der Waals surface area (Å²) in [7, 11) is -1.06. The minimum Gasteiger partial charge on any atom is -0.306 e. The van der Waals surface area contributed by atoms with Gasteiger partial charge in [0.15, 0.2) is 0 Å². The van der Waals surface area contributed by atoms with Gasteiger partial charge in [-0.3, -0.25) is 4.21 Å². The Morgan fingerprint density at radius 2 is 2.10 bits per heavy atom. The Hall–Kier alpha value is -1.46. The summed E-state index contributed by atoms with van der Waals surface area (Å²) in [6, 6.07) is 11.7. The number of rotatable bonds is 3. The lowest BCUT2D eigenvalue weighted by Crippen LogP contribution is -1.97. The molecular weight excluding hydrogens is 336 g/mol. The van der Waals surface area contributed by atoms with Gasteiger partial charge in [0.1, 0.15) is 5.65 Å². The zero-order valence-electron chi connectivity index (χ0n) is 10.9. The van der Waals surface area contributed by atoms with Crippen molar-refractivity contribution in [3.05, 3.63) is 64.5 Å². The van der Waals surface area contributed by atoms with Crippen LogP contribution in [0.2, 0.25) is 0 Å². The van der Waals surface area contributed by atoms with Crippen LogP contribution in [0.4, 0.5) is 0 Å². The average Bonchev–Trinajstić information content (AvgIpc) is 2.80. The summed E-state index contributed by atoms with van der Waals surface area (Å²) in [6.45, 7) is 2.00. The fourth-order valence-corrected chi connectivity index (χ4v) is 3.54. The highest BCUT2D eigenvalue weighted by Gasteiger charge is 2.09. The fraction of sp³-hybridized carbons (Fsp3) is 0.133. The second-order valence-electron chi connectivity index (χ2n) is 4.65. The van der Waals surface area contributed by atoms with Gasteiger partial charge in [0.2, 0.25) is 0 Å². The van der Waals surface area contributed by atoms with E-state index in [1.54, 1.807) is 0 Å². The molecule has 20 heavy (non-hydrogen) atoms. The lowest BCUT2D eigenvalue weighted by molar-refractivity contribution is 0.682. The third kappa shape index (κ3) is 2.83. The Bertz CT molecular complexity index is 797. The van der Waals surface area contributed by atoms with E-state index in [0.29, 0.717) is 5.75 Å². The summed E-state index contributed by atoms with van der Waals surface area (Å²) < 4.78 is 15.3. The summed E-state index contributed by atoms with van der Waals surface area (Å²) in [5.74, 6) is 0.433. The number of hydrogen-bond donors (Lipinski definition) is 0. The van der Waals surface area contributed by atoms with E-state index >= 15 is 0 Å². The van der Waals surface area contributed by atoms with Gasteiger partial charge in [-0.05, 0) is 52.7 Å². The monoisotopic (exact) mass is 348 g/mol. The molecule has 0 saturated carbocycles. The Kier molecular flexibility index (Phi) is 3.72. The van der Waals surface area contributed by atoms with E-state index in [2.05, 4.69) is 20.9 Å². The number of nitrogens with zero attached hydrogens (tertiary/aromatic N) is 2. The van der Waals surface area contributed by atoms with Crippen molar-refractivity contribution in [2.75, 3.05) is 0 Å². The molecule has 3 aromatic rings. The quantitative estimate of drug-likeness (QED) is 0.722. The van der Waals surface area contributed by atoms with E-state index in [9.17, 15) is 4.21 Å². The normalized spacial score (nSPS) is 12.7. The minimum atomic E-state index is -1.06. The zero-order valence-corrected chi connectivity index (χ0v) is 13.3. The van der Waals surface area contributed by atoms with Crippen molar-refractivity contribution in [1.29, 1.82) is 0 Å². The van der Waals surface area contributed by atoms with E-state index < -0.39 is 10.8 Å². The Morgan fingerprint density at radius 3 is 2.90 bits per heavy atom. The molecule has 0 amide bonds. The second-order valence-corrected chi connectivity index (χ2v) is 7.02. The number of benzene rings is 1. The van der Waals surface area contributed by atoms with Crippen LogP contribution in [0.3, 0.4) is 0 Å². The average molecular weight is 349 g/mol. The van der Waals surface area contributed by atoms with Crippen molar-refractivity contribution in [2.24, 2.45) is 0 Å². The van der Waals surface area contributed by atoms with Crippen LogP contribution < -0.4 is 0 Å². The van der Waals surface area contributed by atoms with E-state index in [4.69, 9.17) is 0 Å². The first-order valence-electron chi connectivity index (χ1n) is 6.20. The van der Waals surface area contributed by atoms with Gasteiger partial charge >= 0.3 is 0 Å². The number of pyridine rings is 1. The standard InChI is InChI=1S/C15H13BrN2OS/c1-11-3-2-4-14(7-11)20(19)10-13-9-18-8-12(16)5-6-15(18)17-13/h2-9H,10H2,1H3/t20-/m1/s1. The first kappa shape index (κ1) is 13.5. The topological polar surface area (TPSA) is 34.4 Å². The van der Waals surface area contributed by atoms with Crippen molar-refractivity contribution >= 4 is 32.4 Å². The molecule has 102 valence electrons. The molecule has 3 nitrogen and oxygen atoms in total. The molecule has 2 aromatic heterocycles. The number of aryl methyl sites for hydroxylation is 1. The molecule has 5 heteroatoms. The molecule has 0 fully saturated rings. The highest BCUT2D eigenvalue weighted by Crippen LogP contribution is 2.16. The number of halogens is 1. The third-order valence-corrected chi connectivity index (χ3v) is 4.80. The van der Waals surface area contributed by atoms with Crippen molar-refractivity contribution in [1.82, 2.24) is 9.38 Å². The molecule has 2 heterocycles. The van der Waals surface area contributed by atoms with Crippen LogP contribution in [0.1, 0.15) is 11.3 Å². The smallest absolute Gasteiger partial charge is 0.137 e. The molecule has 0 spiro atoms. The lowest BCUT2D eigenvalue weighted by atomic mass is 10.2. The van der Waals surface area contributed by atoms with Crippen molar-refractivity contribution < 1.29 is 4.21 Å². The molecule has 0 aliphatic carbocycles. The maximum absolute atomic E-state index is 12.4. The molecule has 1 aromatic carbocycles. The van der Waals surface area contributed by atoms with E-state index in [1.807, 2.05) is 60.1 Å². The molecule has 0 radical (unpaired) electrons. The van der Waals surface area contributed by atoms with Gasteiger partial charge in [0.05, 0.1) is 22.2 Å². The molecule has 0 aliphatic rings. The van der Waals surface area contributed by atoms with Crippen LogP contribution in [0.15, 0.2) is 58.2 Å². The van der Waals surface area contributed by atoms with Crippen molar-refractivity contribution in [3.63, 3.8) is 0 Å². The predicted octanol–water partition coefficient (Wildman–Crippen LogP) is 3.71. The van der Waals surface area contributed by atoms with Crippen LogP contribution in [-0.4, -0.2) is 13.6 Å². The van der Waals surface area contributed by atoms with Crippen LogP contribution in [0.25, 0.3) is 5.65 Å². The summed E-state index contributed by atoms with van der Waals surface area (Å²) >= 11 is 3.43. The number of hydrogen-bond acceptors (Lipinski definition) is 2. The van der Waals surface area contributed by atoms with Gasteiger partial charge in [-0.2, -0.15) is 0 Å².